The fourth-order valence-corrected chi connectivity index (χ4v) is 4.47. The minimum atomic E-state index is -0.256. The van der Waals surface area contributed by atoms with Crippen LogP contribution in [-0.4, -0.2) is 29.5 Å². The molecule has 0 fully saturated rings. The van der Waals surface area contributed by atoms with Gasteiger partial charge in [-0.05, 0) is 100 Å². The predicted molar refractivity (Wildman–Crippen MR) is 111 cm³/mol. The van der Waals surface area contributed by atoms with E-state index >= 15 is 0 Å². The van der Waals surface area contributed by atoms with Crippen molar-refractivity contribution in [1.82, 2.24) is 4.90 Å². The van der Waals surface area contributed by atoms with Crippen LogP contribution in [0.4, 0.5) is 5.69 Å². The molecule has 2 aromatic carbocycles. The molecule has 0 aliphatic carbocycles. The first-order valence-corrected chi connectivity index (χ1v) is 9.68. The molecule has 1 aliphatic heterocycles. The second-order valence-electron chi connectivity index (χ2n) is 8.20. The second-order valence-corrected chi connectivity index (χ2v) is 8.20. The first-order chi connectivity index (χ1) is 12.6. The molecular weight excluding hydrogens is 336 g/mol. The normalized spacial score (nSPS) is 20.3. The van der Waals surface area contributed by atoms with Crippen LogP contribution in [0.2, 0.25) is 0 Å². The third-order valence-electron chi connectivity index (χ3n) is 6.76. The van der Waals surface area contributed by atoms with Crippen molar-refractivity contribution in [2.45, 2.75) is 59.9 Å². The average molecular weight is 367 g/mol. The number of benzene rings is 2. The predicted octanol–water partition coefficient (Wildman–Crippen LogP) is 5.15. The molecule has 1 heterocycles. The zero-order chi connectivity index (χ0) is 20.0. The Balaban J connectivity index is 2.29. The van der Waals surface area contributed by atoms with E-state index in [9.17, 15) is 10.1 Å². The summed E-state index contributed by atoms with van der Waals surface area (Å²) < 4.78 is 0. The minimum Gasteiger partial charge on any atom is -0.302 e. The monoisotopic (exact) mass is 366 g/mol. The number of hydrogen-bond acceptors (Lipinski definition) is 3. The molecule has 4 heteroatoms. The van der Waals surface area contributed by atoms with Gasteiger partial charge < -0.3 is 4.90 Å². The molecule has 2 atom stereocenters. The molecule has 4 nitrogen and oxygen atoms in total. The number of fused-ring (bicyclic) bond motifs is 1. The van der Waals surface area contributed by atoms with Crippen molar-refractivity contribution >= 4 is 5.69 Å². The van der Waals surface area contributed by atoms with E-state index in [1.54, 1.807) is 0 Å². The van der Waals surface area contributed by atoms with Gasteiger partial charge in [-0.15, -0.1) is 0 Å². The molecule has 144 valence electrons. The number of nitro benzene ring substituents is 1. The standard InChI is InChI=1S/C23H30N2O2/c1-13-10-20(17(5)16(4)15(13)3)23-18(6)24(7)9-8-19-12-22(25(26)27)14(2)11-21(19)23/h10-12,18,23H,8-9H2,1-7H3. The lowest BCUT2D eigenvalue weighted by molar-refractivity contribution is -0.385. The fourth-order valence-electron chi connectivity index (χ4n) is 4.47. The van der Waals surface area contributed by atoms with E-state index in [1.807, 2.05) is 13.0 Å². The number of nitro groups is 1. The summed E-state index contributed by atoms with van der Waals surface area (Å²) in [5.41, 5.74) is 10.1. The molecule has 0 saturated carbocycles. The SMILES string of the molecule is Cc1cc2c(cc1[N+](=O)[O-])CCN(C)C(C)C2c1cc(C)c(C)c(C)c1C. The molecule has 0 aromatic heterocycles. The summed E-state index contributed by atoms with van der Waals surface area (Å²) in [6, 6.07) is 6.54. The highest BCUT2D eigenvalue weighted by molar-refractivity contribution is 5.54. The number of likely N-dealkylation sites (N-methyl/N-ethyl adjacent to an activating group) is 1. The van der Waals surface area contributed by atoms with Crippen molar-refractivity contribution < 1.29 is 4.92 Å². The first kappa shape index (κ1) is 19.6. The summed E-state index contributed by atoms with van der Waals surface area (Å²) >= 11 is 0. The van der Waals surface area contributed by atoms with Gasteiger partial charge in [-0.2, -0.15) is 0 Å². The third kappa shape index (κ3) is 3.27. The van der Waals surface area contributed by atoms with Gasteiger partial charge in [-0.1, -0.05) is 6.07 Å². The Morgan fingerprint density at radius 3 is 2.22 bits per heavy atom. The van der Waals surface area contributed by atoms with Gasteiger partial charge in [0.15, 0.2) is 0 Å². The van der Waals surface area contributed by atoms with Gasteiger partial charge in [0.1, 0.15) is 0 Å². The van der Waals surface area contributed by atoms with Crippen LogP contribution in [0.25, 0.3) is 0 Å². The lowest BCUT2D eigenvalue weighted by Crippen LogP contribution is -2.34. The molecular formula is C23H30N2O2. The van der Waals surface area contributed by atoms with Crippen LogP contribution in [0.3, 0.4) is 0 Å². The third-order valence-corrected chi connectivity index (χ3v) is 6.76. The van der Waals surface area contributed by atoms with E-state index in [1.165, 1.54) is 33.4 Å². The van der Waals surface area contributed by atoms with E-state index in [-0.39, 0.29) is 16.5 Å². The lowest BCUT2D eigenvalue weighted by atomic mass is 9.78. The maximum Gasteiger partial charge on any atom is 0.272 e. The highest BCUT2D eigenvalue weighted by atomic mass is 16.6. The zero-order valence-corrected chi connectivity index (χ0v) is 17.5. The maximum atomic E-state index is 11.4. The van der Waals surface area contributed by atoms with Crippen LogP contribution in [-0.2, 0) is 6.42 Å². The number of rotatable bonds is 2. The van der Waals surface area contributed by atoms with Gasteiger partial charge in [-0.25, -0.2) is 0 Å². The Bertz CT molecular complexity index is 917. The highest BCUT2D eigenvalue weighted by Crippen LogP contribution is 2.40. The van der Waals surface area contributed by atoms with Crippen molar-refractivity contribution in [3.8, 4) is 0 Å². The molecule has 3 rings (SSSR count). The van der Waals surface area contributed by atoms with Gasteiger partial charge in [0.05, 0.1) is 4.92 Å². The smallest absolute Gasteiger partial charge is 0.272 e. The molecule has 2 unspecified atom stereocenters. The number of nitrogens with zero attached hydrogens (tertiary/aromatic N) is 2. The van der Waals surface area contributed by atoms with Crippen LogP contribution in [0, 0.1) is 44.7 Å². The van der Waals surface area contributed by atoms with Gasteiger partial charge in [0, 0.05) is 30.1 Å². The Morgan fingerprint density at radius 2 is 1.59 bits per heavy atom. The van der Waals surface area contributed by atoms with E-state index in [0.29, 0.717) is 6.04 Å². The minimum absolute atomic E-state index is 0.213. The topological polar surface area (TPSA) is 46.4 Å². The van der Waals surface area contributed by atoms with E-state index in [2.05, 4.69) is 58.7 Å². The average Bonchev–Trinajstić information content (AvgIpc) is 2.73. The van der Waals surface area contributed by atoms with Crippen molar-refractivity contribution in [2.24, 2.45) is 0 Å². The number of hydrogen-bond donors (Lipinski definition) is 0. The van der Waals surface area contributed by atoms with Crippen molar-refractivity contribution in [1.29, 1.82) is 0 Å². The molecule has 0 amide bonds. The van der Waals surface area contributed by atoms with Crippen LogP contribution in [0.15, 0.2) is 18.2 Å². The van der Waals surface area contributed by atoms with Crippen molar-refractivity contribution in [2.75, 3.05) is 13.6 Å². The van der Waals surface area contributed by atoms with Crippen LogP contribution in [0.5, 0.6) is 0 Å². The highest BCUT2D eigenvalue weighted by Gasteiger charge is 2.32. The largest absolute Gasteiger partial charge is 0.302 e. The van der Waals surface area contributed by atoms with E-state index in [0.717, 1.165) is 24.1 Å². The van der Waals surface area contributed by atoms with E-state index < -0.39 is 0 Å². The van der Waals surface area contributed by atoms with Crippen LogP contribution < -0.4 is 0 Å². The van der Waals surface area contributed by atoms with Gasteiger partial charge in [0.2, 0.25) is 0 Å². The fraction of sp³-hybridized carbons (Fsp3) is 0.478. The van der Waals surface area contributed by atoms with Crippen LogP contribution >= 0.6 is 0 Å². The molecule has 0 N–H and O–H groups in total. The first-order valence-electron chi connectivity index (χ1n) is 9.68. The summed E-state index contributed by atoms with van der Waals surface area (Å²) in [5.74, 6) is 0.213. The Hall–Kier alpha value is -2.20. The summed E-state index contributed by atoms with van der Waals surface area (Å²) in [7, 11) is 2.16. The zero-order valence-electron chi connectivity index (χ0n) is 17.5. The summed E-state index contributed by atoms with van der Waals surface area (Å²) in [4.78, 5) is 13.6. The van der Waals surface area contributed by atoms with Crippen LogP contribution in [0.1, 0.15) is 57.3 Å². The van der Waals surface area contributed by atoms with Gasteiger partial charge in [-0.3, -0.25) is 10.1 Å². The van der Waals surface area contributed by atoms with Gasteiger partial charge >= 0.3 is 0 Å². The molecule has 0 radical (unpaired) electrons. The van der Waals surface area contributed by atoms with Gasteiger partial charge in [0.25, 0.3) is 5.69 Å². The van der Waals surface area contributed by atoms with E-state index in [4.69, 9.17) is 0 Å². The lowest BCUT2D eigenvalue weighted by Gasteiger charge is -2.32. The molecule has 0 saturated heterocycles. The molecule has 0 bridgehead atoms. The molecule has 2 aromatic rings. The molecule has 1 aliphatic rings. The maximum absolute atomic E-state index is 11.4. The summed E-state index contributed by atoms with van der Waals surface area (Å²) in [6.45, 7) is 13.8. The van der Waals surface area contributed by atoms with Crippen molar-refractivity contribution in [3.05, 3.63) is 72.8 Å². The number of aryl methyl sites for hydroxylation is 2. The Morgan fingerprint density at radius 1 is 0.963 bits per heavy atom. The summed E-state index contributed by atoms with van der Waals surface area (Å²) in [6.07, 6.45) is 0.844. The molecule has 0 spiro atoms. The summed E-state index contributed by atoms with van der Waals surface area (Å²) in [5, 5.41) is 11.4. The molecule has 27 heavy (non-hydrogen) atoms. The second kappa shape index (κ2) is 7.08. The quantitative estimate of drug-likeness (QED) is 0.546. The Kier molecular flexibility index (Phi) is 5.13. The van der Waals surface area contributed by atoms with Crippen molar-refractivity contribution in [3.63, 3.8) is 0 Å². The Labute approximate surface area is 162 Å².